The minimum absolute atomic E-state index is 0.830. The molecule has 3 heteroatoms. The van der Waals surface area contributed by atoms with E-state index < -0.39 is 0 Å². The highest BCUT2D eigenvalue weighted by molar-refractivity contribution is 4.60. The van der Waals surface area contributed by atoms with Crippen molar-refractivity contribution in [1.82, 2.24) is 4.90 Å². The van der Waals surface area contributed by atoms with Gasteiger partial charge >= 0.3 is 0 Å². The molecule has 0 atom stereocenters. The molecule has 0 unspecified atom stereocenters. The zero-order valence-electron chi connectivity index (χ0n) is 12.5. The number of nitrogens with zero attached hydrogens (tertiary/aromatic N) is 1. The third-order valence-electron chi connectivity index (χ3n) is 3.43. The Morgan fingerprint density at radius 3 is 1.56 bits per heavy atom. The van der Waals surface area contributed by atoms with Gasteiger partial charge in [-0.05, 0) is 64.8 Å². The average molecular weight is 257 g/mol. The van der Waals surface area contributed by atoms with Crippen LogP contribution in [0.1, 0.15) is 64.7 Å². The first-order chi connectivity index (χ1) is 8.85. The highest BCUT2D eigenvalue weighted by atomic mass is 15.1. The fourth-order valence-electron chi connectivity index (χ4n) is 2.23. The monoisotopic (exact) mass is 257 g/mol. The van der Waals surface area contributed by atoms with Crippen LogP contribution in [-0.4, -0.2) is 37.6 Å². The maximum Gasteiger partial charge on any atom is -0.00183 e. The van der Waals surface area contributed by atoms with E-state index >= 15 is 0 Å². The summed E-state index contributed by atoms with van der Waals surface area (Å²) in [5, 5.41) is 0. The predicted molar refractivity (Wildman–Crippen MR) is 81.8 cm³/mol. The van der Waals surface area contributed by atoms with Crippen molar-refractivity contribution >= 4 is 0 Å². The van der Waals surface area contributed by atoms with Crippen LogP contribution in [0.25, 0.3) is 0 Å². The molecule has 0 heterocycles. The summed E-state index contributed by atoms with van der Waals surface area (Å²) in [5.41, 5.74) is 11.1. The molecule has 0 amide bonds. The van der Waals surface area contributed by atoms with E-state index in [4.69, 9.17) is 11.5 Å². The SMILES string of the molecule is CCCCCCN(CCCCN)CCCCCN. The van der Waals surface area contributed by atoms with Crippen molar-refractivity contribution in [3.05, 3.63) is 0 Å². The maximum absolute atomic E-state index is 5.56. The van der Waals surface area contributed by atoms with Crippen LogP contribution in [0.15, 0.2) is 0 Å². The lowest BCUT2D eigenvalue weighted by molar-refractivity contribution is 0.256. The molecule has 0 fully saturated rings. The standard InChI is InChI=1S/C15H35N3/c1-2-3-4-8-13-18(15-10-7-12-17)14-9-5-6-11-16/h2-17H2,1H3. The van der Waals surface area contributed by atoms with Crippen molar-refractivity contribution in [1.29, 1.82) is 0 Å². The Labute approximate surface area is 114 Å². The molecule has 0 bridgehead atoms. The van der Waals surface area contributed by atoms with Gasteiger partial charge in [0.15, 0.2) is 0 Å². The normalized spacial score (nSPS) is 11.3. The van der Waals surface area contributed by atoms with Crippen molar-refractivity contribution in [2.45, 2.75) is 64.7 Å². The zero-order chi connectivity index (χ0) is 13.5. The summed E-state index contributed by atoms with van der Waals surface area (Å²) in [6, 6.07) is 0. The summed E-state index contributed by atoms with van der Waals surface area (Å²) < 4.78 is 0. The Hall–Kier alpha value is -0.120. The van der Waals surface area contributed by atoms with E-state index in [0.717, 1.165) is 19.5 Å². The van der Waals surface area contributed by atoms with E-state index in [9.17, 15) is 0 Å². The van der Waals surface area contributed by atoms with Crippen molar-refractivity contribution in [3.8, 4) is 0 Å². The Morgan fingerprint density at radius 1 is 0.611 bits per heavy atom. The van der Waals surface area contributed by atoms with Gasteiger partial charge in [-0.2, -0.15) is 0 Å². The minimum atomic E-state index is 0.830. The van der Waals surface area contributed by atoms with Gasteiger partial charge in [-0.15, -0.1) is 0 Å². The van der Waals surface area contributed by atoms with E-state index in [-0.39, 0.29) is 0 Å². The number of nitrogens with two attached hydrogens (primary N) is 2. The topological polar surface area (TPSA) is 55.3 Å². The first-order valence-corrected chi connectivity index (χ1v) is 7.97. The van der Waals surface area contributed by atoms with Crippen molar-refractivity contribution in [3.63, 3.8) is 0 Å². The van der Waals surface area contributed by atoms with Gasteiger partial charge < -0.3 is 16.4 Å². The number of hydrogen-bond donors (Lipinski definition) is 2. The molecule has 0 aliphatic heterocycles. The van der Waals surface area contributed by atoms with E-state index in [1.165, 1.54) is 71.0 Å². The molecule has 0 rings (SSSR count). The molecule has 0 aromatic rings. The van der Waals surface area contributed by atoms with Gasteiger partial charge in [-0.3, -0.25) is 0 Å². The van der Waals surface area contributed by atoms with Gasteiger partial charge in [-0.25, -0.2) is 0 Å². The number of unbranched alkanes of at least 4 members (excludes halogenated alkanes) is 6. The predicted octanol–water partition coefficient (Wildman–Crippen LogP) is 2.74. The summed E-state index contributed by atoms with van der Waals surface area (Å²) in [7, 11) is 0. The highest BCUT2D eigenvalue weighted by Crippen LogP contribution is 2.05. The Kier molecular flexibility index (Phi) is 14.8. The molecule has 0 aromatic heterocycles. The van der Waals surface area contributed by atoms with Crippen LogP contribution in [0, 0.1) is 0 Å². The van der Waals surface area contributed by atoms with Gasteiger partial charge in [-0.1, -0.05) is 32.6 Å². The molecule has 0 aliphatic rings. The van der Waals surface area contributed by atoms with Crippen LogP contribution in [-0.2, 0) is 0 Å². The number of hydrogen-bond acceptors (Lipinski definition) is 3. The second-order valence-corrected chi connectivity index (χ2v) is 5.25. The van der Waals surface area contributed by atoms with Gasteiger partial charge in [0, 0.05) is 0 Å². The van der Waals surface area contributed by atoms with Crippen LogP contribution in [0.3, 0.4) is 0 Å². The van der Waals surface area contributed by atoms with Crippen LogP contribution >= 0.6 is 0 Å². The molecular weight excluding hydrogens is 222 g/mol. The Bertz CT molecular complexity index is 139. The van der Waals surface area contributed by atoms with Gasteiger partial charge in [0.05, 0.1) is 0 Å². The quantitative estimate of drug-likeness (QED) is 0.470. The Balaban J connectivity index is 3.62. The molecule has 110 valence electrons. The van der Waals surface area contributed by atoms with E-state index in [2.05, 4.69) is 11.8 Å². The van der Waals surface area contributed by atoms with Gasteiger partial charge in [0.2, 0.25) is 0 Å². The summed E-state index contributed by atoms with van der Waals surface area (Å²) in [6.45, 7) is 7.68. The first-order valence-electron chi connectivity index (χ1n) is 7.97. The fraction of sp³-hybridized carbons (Fsp3) is 1.00. The van der Waals surface area contributed by atoms with E-state index in [1.54, 1.807) is 0 Å². The molecule has 4 N–H and O–H groups in total. The molecule has 0 saturated heterocycles. The molecule has 18 heavy (non-hydrogen) atoms. The molecule has 3 nitrogen and oxygen atoms in total. The maximum atomic E-state index is 5.56. The van der Waals surface area contributed by atoms with Gasteiger partial charge in [0.1, 0.15) is 0 Å². The van der Waals surface area contributed by atoms with E-state index in [1.807, 2.05) is 0 Å². The molecule has 0 spiro atoms. The summed E-state index contributed by atoms with van der Waals surface area (Å²) in [6.07, 6.45) is 11.6. The summed E-state index contributed by atoms with van der Waals surface area (Å²) in [5.74, 6) is 0. The second-order valence-electron chi connectivity index (χ2n) is 5.25. The van der Waals surface area contributed by atoms with Crippen LogP contribution < -0.4 is 11.5 Å². The van der Waals surface area contributed by atoms with Crippen molar-refractivity contribution < 1.29 is 0 Å². The van der Waals surface area contributed by atoms with Gasteiger partial charge in [0.25, 0.3) is 0 Å². The average Bonchev–Trinajstić information content (AvgIpc) is 2.39. The summed E-state index contributed by atoms with van der Waals surface area (Å²) in [4.78, 5) is 2.63. The molecule has 0 aliphatic carbocycles. The third kappa shape index (κ3) is 12.3. The smallest absolute Gasteiger partial charge is 0.00183 e. The highest BCUT2D eigenvalue weighted by Gasteiger charge is 2.04. The molecule has 0 aromatic carbocycles. The van der Waals surface area contributed by atoms with Crippen molar-refractivity contribution in [2.24, 2.45) is 11.5 Å². The Morgan fingerprint density at radius 2 is 1.06 bits per heavy atom. The first kappa shape index (κ1) is 17.9. The molecular formula is C15H35N3. The lowest BCUT2D eigenvalue weighted by atomic mass is 10.1. The lowest BCUT2D eigenvalue weighted by Gasteiger charge is -2.22. The van der Waals surface area contributed by atoms with Crippen molar-refractivity contribution in [2.75, 3.05) is 32.7 Å². The van der Waals surface area contributed by atoms with Crippen LogP contribution in [0.4, 0.5) is 0 Å². The lowest BCUT2D eigenvalue weighted by Crippen LogP contribution is -2.27. The van der Waals surface area contributed by atoms with E-state index in [0.29, 0.717) is 0 Å². The van der Waals surface area contributed by atoms with Crippen LogP contribution in [0.5, 0.6) is 0 Å². The second kappa shape index (κ2) is 14.9. The fourth-order valence-corrected chi connectivity index (χ4v) is 2.23. The van der Waals surface area contributed by atoms with Crippen LogP contribution in [0.2, 0.25) is 0 Å². The number of rotatable bonds is 14. The molecule has 0 radical (unpaired) electrons. The molecule has 0 saturated carbocycles. The zero-order valence-corrected chi connectivity index (χ0v) is 12.5. The summed E-state index contributed by atoms with van der Waals surface area (Å²) >= 11 is 0. The third-order valence-corrected chi connectivity index (χ3v) is 3.43. The largest absolute Gasteiger partial charge is 0.330 e. The minimum Gasteiger partial charge on any atom is -0.330 e.